The van der Waals surface area contributed by atoms with Crippen LogP contribution in [0.25, 0.3) is 11.1 Å². The van der Waals surface area contributed by atoms with Gasteiger partial charge in [0.15, 0.2) is 0 Å². The Morgan fingerprint density at radius 2 is 1.66 bits per heavy atom. The highest BCUT2D eigenvalue weighted by Crippen LogP contribution is 2.23. The van der Waals surface area contributed by atoms with Gasteiger partial charge in [-0.1, -0.05) is 54.0 Å². The number of nitrogens with two attached hydrogens (primary N) is 1. The van der Waals surface area contributed by atoms with E-state index in [-0.39, 0.29) is 17.7 Å². The van der Waals surface area contributed by atoms with Crippen molar-refractivity contribution in [3.8, 4) is 11.1 Å². The van der Waals surface area contributed by atoms with Gasteiger partial charge in [0.2, 0.25) is 5.91 Å². The lowest BCUT2D eigenvalue weighted by Gasteiger charge is -2.28. The third-order valence-electron chi connectivity index (χ3n) is 5.23. The van der Waals surface area contributed by atoms with Gasteiger partial charge in [0.25, 0.3) is 5.91 Å². The molecule has 0 spiro atoms. The first kappa shape index (κ1) is 21.3. The normalized spacial score (nSPS) is 17.3. The molecule has 7 heteroatoms. The maximum atomic E-state index is 12.6. The zero-order valence-corrected chi connectivity index (χ0v) is 18.3. The number of nitrogens with zero attached hydrogens (tertiary/aromatic N) is 1. The van der Waals surface area contributed by atoms with Crippen molar-refractivity contribution in [1.82, 2.24) is 10.3 Å². The molecule has 0 saturated carbocycles. The number of amides is 2. The maximum absolute atomic E-state index is 12.6. The third kappa shape index (κ3) is 5.16. The first-order valence-electron chi connectivity index (χ1n) is 9.84. The molecule has 0 aliphatic carbocycles. The van der Waals surface area contributed by atoms with Crippen LogP contribution in [0.2, 0.25) is 0 Å². The molecular weight excluding hydrogens is 432 g/mol. The van der Waals surface area contributed by atoms with Gasteiger partial charge in [0.05, 0.1) is 11.7 Å². The van der Waals surface area contributed by atoms with E-state index in [1.807, 2.05) is 62.4 Å². The standard InChI is InChI=1S/C22H27BrN4O2/c1-14(2)20(24)22(29)27-13-3-4-19(27)21(28)26-25-18-11-7-16(8-12-18)15-5-9-17(23)10-6-15/h5-12,14,19-20,25H,3-4,13,24H2,1-2H3,(H,26,28). The van der Waals surface area contributed by atoms with Crippen molar-refractivity contribution < 1.29 is 9.59 Å². The number of carbonyl (C=O) groups is 2. The quantitative estimate of drug-likeness (QED) is 0.577. The highest BCUT2D eigenvalue weighted by atomic mass is 79.9. The first-order chi connectivity index (χ1) is 13.9. The topological polar surface area (TPSA) is 87.5 Å². The lowest BCUT2D eigenvalue weighted by atomic mass is 10.0. The largest absolute Gasteiger partial charge is 0.329 e. The van der Waals surface area contributed by atoms with Crippen LogP contribution in [0, 0.1) is 5.92 Å². The van der Waals surface area contributed by atoms with Gasteiger partial charge in [-0.15, -0.1) is 0 Å². The smallest absolute Gasteiger partial charge is 0.261 e. The highest BCUT2D eigenvalue weighted by molar-refractivity contribution is 9.10. The van der Waals surface area contributed by atoms with E-state index in [1.54, 1.807) is 4.90 Å². The summed E-state index contributed by atoms with van der Waals surface area (Å²) >= 11 is 3.44. The molecule has 1 fully saturated rings. The molecule has 1 aliphatic rings. The monoisotopic (exact) mass is 458 g/mol. The van der Waals surface area contributed by atoms with Crippen LogP contribution in [-0.4, -0.2) is 35.3 Å². The summed E-state index contributed by atoms with van der Waals surface area (Å²) in [5.74, 6) is -0.338. The molecular formula is C22H27BrN4O2. The fourth-order valence-corrected chi connectivity index (χ4v) is 3.65. The number of hydrogen-bond acceptors (Lipinski definition) is 4. The molecule has 2 atom stereocenters. The number of anilines is 1. The SMILES string of the molecule is CC(C)C(N)C(=O)N1CCCC1C(=O)NNc1ccc(-c2ccc(Br)cc2)cc1. The molecule has 0 radical (unpaired) electrons. The summed E-state index contributed by atoms with van der Waals surface area (Å²) in [5, 5.41) is 0. The zero-order valence-electron chi connectivity index (χ0n) is 16.7. The van der Waals surface area contributed by atoms with E-state index in [0.717, 1.165) is 27.7 Å². The Kier molecular flexibility index (Phi) is 6.92. The molecule has 1 aliphatic heterocycles. The second kappa shape index (κ2) is 9.41. The van der Waals surface area contributed by atoms with Gasteiger partial charge >= 0.3 is 0 Å². The maximum Gasteiger partial charge on any atom is 0.261 e. The lowest BCUT2D eigenvalue weighted by molar-refractivity contribution is -0.139. The summed E-state index contributed by atoms with van der Waals surface area (Å²) in [6, 6.07) is 14.8. The van der Waals surface area contributed by atoms with Crippen LogP contribution in [-0.2, 0) is 9.59 Å². The fraction of sp³-hybridized carbons (Fsp3) is 0.364. The van der Waals surface area contributed by atoms with Crippen LogP contribution in [0.1, 0.15) is 26.7 Å². The van der Waals surface area contributed by atoms with Crippen molar-refractivity contribution in [3.63, 3.8) is 0 Å². The predicted molar refractivity (Wildman–Crippen MR) is 119 cm³/mol. The van der Waals surface area contributed by atoms with E-state index < -0.39 is 12.1 Å². The van der Waals surface area contributed by atoms with Gasteiger partial charge in [0.1, 0.15) is 6.04 Å². The van der Waals surface area contributed by atoms with Crippen LogP contribution >= 0.6 is 15.9 Å². The zero-order chi connectivity index (χ0) is 21.0. The average Bonchev–Trinajstić information content (AvgIpc) is 3.22. The van der Waals surface area contributed by atoms with E-state index >= 15 is 0 Å². The average molecular weight is 459 g/mol. The summed E-state index contributed by atoms with van der Waals surface area (Å²) in [4.78, 5) is 26.8. The van der Waals surface area contributed by atoms with Crippen LogP contribution in [0.4, 0.5) is 5.69 Å². The lowest BCUT2D eigenvalue weighted by Crippen LogP contribution is -2.53. The predicted octanol–water partition coefficient (Wildman–Crippen LogP) is 3.53. The number of hydrogen-bond donors (Lipinski definition) is 3. The molecule has 1 heterocycles. The molecule has 6 nitrogen and oxygen atoms in total. The number of halogens is 1. The molecule has 2 aromatic rings. The van der Waals surface area contributed by atoms with Gasteiger partial charge in [-0.3, -0.25) is 20.4 Å². The summed E-state index contributed by atoms with van der Waals surface area (Å²) in [6.07, 6.45) is 1.45. The summed E-state index contributed by atoms with van der Waals surface area (Å²) in [5.41, 5.74) is 14.6. The Balaban J connectivity index is 1.58. The molecule has 3 rings (SSSR count). The van der Waals surface area contributed by atoms with Crippen LogP contribution in [0.15, 0.2) is 53.0 Å². The van der Waals surface area contributed by atoms with E-state index in [0.29, 0.717) is 13.0 Å². The van der Waals surface area contributed by atoms with Gasteiger partial charge in [0, 0.05) is 11.0 Å². The van der Waals surface area contributed by atoms with Gasteiger partial charge < -0.3 is 10.6 Å². The summed E-state index contributed by atoms with van der Waals surface area (Å²) < 4.78 is 1.04. The Bertz CT molecular complexity index is 852. The Labute approximate surface area is 179 Å². The van der Waals surface area contributed by atoms with Crippen molar-refractivity contribution in [2.75, 3.05) is 12.0 Å². The minimum Gasteiger partial charge on any atom is -0.329 e. The number of hydrazine groups is 1. The first-order valence-corrected chi connectivity index (χ1v) is 10.6. The molecule has 2 aromatic carbocycles. The second-order valence-electron chi connectivity index (χ2n) is 7.66. The van der Waals surface area contributed by atoms with Crippen LogP contribution in [0.5, 0.6) is 0 Å². The number of nitrogens with one attached hydrogen (secondary N) is 2. The van der Waals surface area contributed by atoms with E-state index in [1.165, 1.54) is 0 Å². The second-order valence-corrected chi connectivity index (χ2v) is 8.57. The molecule has 4 N–H and O–H groups in total. The van der Waals surface area contributed by atoms with Gasteiger partial charge in [-0.2, -0.15) is 0 Å². The highest BCUT2D eigenvalue weighted by Gasteiger charge is 2.36. The molecule has 154 valence electrons. The number of likely N-dealkylation sites (tertiary alicyclic amines) is 1. The van der Waals surface area contributed by atoms with Crippen molar-refractivity contribution >= 4 is 33.4 Å². The van der Waals surface area contributed by atoms with E-state index in [4.69, 9.17) is 5.73 Å². The molecule has 0 bridgehead atoms. The van der Waals surface area contributed by atoms with Crippen molar-refractivity contribution in [1.29, 1.82) is 0 Å². The van der Waals surface area contributed by atoms with Crippen LogP contribution in [0.3, 0.4) is 0 Å². The van der Waals surface area contributed by atoms with Crippen LogP contribution < -0.4 is 16.6 Å². The number of benzene rings is 2. The molecule has 0 aromatic heterocycles. The van der Waals surface area contributed by atoms with E-state index in [9.17, 15) is 9.59 Å². The fourth-order valence-electron chi connectivity index (χ4n) is 3.39. The van der Waals surface area contributed by atoms with Crippen molar-refractivity contribution in [3.05, 3.63) is 53.0 Å². The third-order valence-corrected chi connectivity index (χ3v) is 5.76. The van der Waals surface area contributed by atoms with Gasteiger partial charge in [-0.25, -0.2) is 0 Å². The Hall–Kier alpha value is -2.38. The number of carbonyl (C=O) groups excluding carboxylic acids is 2. The summed E-state index contributed by atoms with van der Waals surface area (Å²) in [6.45, 7) is 4.39. The number of rotatable bonds is 6. The van der Waals surface area contributed by atoms with Gasteiger partial charge in [-0.05, 0) is 54.2 Å². The van der Waals surface area contributed by atoms with Crippen molar-refractivity contribution in [2.24, 2.45) is 11.7 Å². The van der Waals surface area contributed by atoms with E-state index in [2.05, 4.69) is 26.8 Å². The van der Waals surface area contributed by atoms with Crippen molar-refractivity contribution in [2.45, 2.75) is 38.8 Å². The molecule has 2 amide bonds. The molecule has 29 heavy (non-hydrogen) atoms. The summed E-state index contributed by atoms with van der Waals surface area (Å²) in [7, 11) is 0. The molecule has 2 unspecified atom stereocenters. The Morgan fingerprint density at radius 1 is 1.07 bits per heavy atom. The Morgan fingerprint density at radius 3 is 2.24 bits per heavy atom. The molecule has 1 saturated heterocycles. The minimum absolute atomic E-state index is 0.0363. The minimum atomic E-state index is -0.581.